The molecule has 31 heavy (non-hydrogen) atoms. The standard InChI is InChI=1S/C23H24F3NO4/c1-15-3-9-18(10-4-15)27(21(28)22(29)30-2)19-11-5-16(6-12-19)17-7-13-20(14-8-17)31-23(24,25)26/h5-8,11-15,18H,3-4,9-10H2,1-2H3. The van der Waals surface area contributed by atoms with Crippen LogP contribution < -0.4 is 9.64 Å². The maximum Gasteiger partial charge on any atom is 0.573 e. The molecule has 3 rings (SSSR count). The van der Waals surface area contributed by atoms with Crippen molar-refractivity contribution in [2.45, 2.75) is 45.0 Å². The number of rotatable bonds is 4. The van der Waals surface area contributed by atoms with Gasteiger partial charge in [0.15, 0.2) is 0 Å². The van der Waals surface area contributed by atoms with Gasteiger partial charge in [0.1, 0.15) is 5.75 Å². The van der Waals surface area contributed by atoms with Crippen molar-refractivity contribution in [1.29, 1.82) is 0 Å². The zero-order valence-corrected chi connectivity index (χ0v) is 17.3. The molecule has 1 fully saturated rings. The van der Waals surface area contributed by atoms with Crippen molar-refractivity contribution < 1.29 is 32.2 Å². The van der Waals surface area contributed by atoms with E-state index in [0.717, 1.165) is 31.2 Å². The summed E-state index contributed by atoms with van der Waals surface area (Å²) in [7, 11) is 1.18. The Labute approximate surface area is 178 Å². The Hall–Kier alpha value is -3.03. The van der Waals surface area contributed by atoms with E-state index in [2.05, 4.69) is 16.4 Å². The summed E-state index contributed by atoms with van der Waals surface area (Å²) in [5, 5.41) is 0. The molecule has 0 spiro atoms. The van der Waals surface area contributed by atoms with E-state index >= 15 is 0 Å². The molecule has 0 bridgehead atoms. The van der Waals surface area contributed by atoms with Gasteiger partial charge in [-0.2, -0.15) is 0 Å². The molecule has 5 nitrogen and oxygen atoms in total. The van der Waals surface area contributed by atoms with Crippen molar-refractivity contribution in [3.05, 3.63) is 48.5 Å². The predicted molar refractivity (Wildman–Crippen MR) is 109 cm³/mol. The van der Waals surface area contributed by atoms with Crippen molar-refractivity contribution in [1.82, 2.24) is 0 Å². The highest BCUT2D eigenvalue weighted by Crippen LogP contribution is 2.32. The number of esters is 1. The van der Waals surface area contributed by atoms with Crippen LogP contribution in [0.4, 0.5) is 18.9 Å². The largest absolute Gasteiger partial charge is 0.573 e. The van der Waals surface area contributed by atoms with Gasteiger partial charge in [0.2, 0.25) is 0 Å². The number of benzene rings is 2. The number of amides is 1. The van der Waals surface area contributed by atoms with Gasteiger partial charge in [-0.1, -0.05) is 31.2 Å². The second kappa shape index (κ2) is 9.41. The number of anilines is 1. The number of carbonyl (C=O) groups excluding carboxylic acids is 2. The highest BCUT2D eigenvalue weighted by molar-refractivity contribution is 6.38. The lowest BCUT2D eigenvalue weighted by Crippen LogP contribution is -2.46. The van der Waals surface area contributed by atoms with Crippen molar-refractivity contribution in [2.24, 2.45) is 5.92 Å². The Morgan fingerprint density at radius 3 is 1.90 bits per heavy atom. The van der Waals surface area contributed by atoms with Crippen LogP contribution in [0.1, 0.15) is 32.6 Å². The van der Waals surface area contributed by atoms with Crippen molar-refractivity contribution in [2.75, 3.05) is 12.0 Å². The maximum atomic E-state index is 12.7. The molecule has 1 aliphatic carbocycles. The fraction of sp³-hybridized carbons (Fsp3) is 0.391. The molecule has 0 heterocycles. The second-order valence-electron chi connectivity index (χ2n) is 7.70. The quantitative estimate of drug-likeness (QED) is 0.481. The number of methoxy groups -OCH3 is 1. The second-order valence-corrected chi connectivity index (χ2v) is 7.70. The third kappa shape index (κ3) is 5.77. The molecule has 2 aromatic carbocycles. The Morgan fingerprint density at radius 1 is 0.903 bits per heavy atom. The number of hydrogen-bond donors (Lipinski definition) is 0. The average Bonchev–Trinajstić information content (AvgIpc) is 2.74. The molecule has 8 heteroatoms. The third-order valence-corrected chi connectivity index (χ3v) is 5.50. The number of hydrogen-bond acceptors (Lipinski definition) is 4. The van der Waals surface area contributed by atoms with E-state index in [0.29, 0.717) is 17.2 Å². The van der Waals surface area contributed by atoms with E-state index in [1.54, 1.807) is 24.3 Å². The fourth-order valence-corrected chi connectivity index (χ4v) is 3.84. The van der Waals surface area contributed by atoms with Crippen LogP contribution in [0.5, 0.6) is 5.75 Å². The smallest absolute Gasteiger partial charge is 0.462 e. The van der Waals surface area contributed by atoms with Gasteiger partial charge < -0.3 is 9.47 Å². The normalized spacial score (nSPS) is 18.9. The molecule has 2 aromatic rings. The lowest BCUT2D eigenvalue weighted by molar-refractivity contribution is -0.274. The average molecular weight is 435 g/mol. The first-order valence-electron chi connectivity index (χ1n) is 10.1. The van der Waals surface area contributed by atoms with E-state index in [9.17, 15) is 22.8 Å². The number of halogens is 3. The predicted octanol–water partition coefficient (Wildman–Crippen LogP) is 5.34. The van der Waals surface area contributed by atoms with Crippen LogP contribution in [0.25, 0.3) is 11.1 Å². The minimum absolute atomic E-state index is 0.0903. The number of carbonyl (C=O) groups is 2. The summed E-state index contributed by atoms with van der Waals surface area (Å²) in [6, 6.07) is 12.4. The molecule has 0 atom stereocenters. The molecular weight excluding hydrogens is 411 g/mol. The van der Waals surface area contributed by atoms with E-state index in [-0.39, 0.29) is 11.8 Å². The Morgan fingerprint density at radius 2 is 1.42 bits per heavy atom. The van der Waals surface area contributed by atoms with Crippen LogP contribution in [-0.2, 0) is 14.3 Å². The molecule has 1 saturated carbocycles. The van der Waals surface area contributed by atoms with E-state index < -0.39 is 18.2 Å². The van der Waals surface area contributed by atoms with Crippen LogP contribution in [0.3, 0.4) is 0 Å². The van der Waals surface area contributed by atoms with Crippen molar-refractivity contribution >= 4 is 17.6 Å². The zero-order valence-electron chi connectivity index (χ0n) is 17.3. The summed E-state index contributed by atoms with van der Waals surface area (Å²) >= 11 is 0. The minimum atomic E-state index is -4.74. The summed E-state index contributed by atoms with van der Waals surface area (Å²) in [4.78, 5) is 26.2. The molecule has 0 radical (unpaired) electrons. The first kappa shape index (κ1) is 22.7. The highest BCUT2D eigenvalue weighted by atomic mass is 19.4. The molecule has 1 amide bonds. The molecule has 0 aromatic heterocycles. The molecule has 0 N–H and O–H groups in total. The summed E-state index contributed by atoms with van der Waals surface area (Å²) in [5.74, 6) is -1.33. The number of alkyl halides is 3. The summed E-state index contributed by atoms with van der Waals surface area (Å²) in [6.45, 7) is 2.17. The molecule has 0 unspecified atom stereocenters. The SMILES string of the molecule is COC(=O)C(=O)N(c1ccc(-c2ccc(OC(F)(F)F)cc2)cc1)C1CCC(C)CC1. The van der Waals surface area contributed by atoms with Crippen LogP contribution in [-0.4, -0.2) is 31.4 Å². The monoisotopic (exact) mass is 435 g/mol. The van der Waals surface area contributed by atoms with E-state index in [1.165, 1.54) is 36.3 Å². The molecule has 0 saturated heterocycles. The van der Waals surface area contributed by atoms with Crippen LogP contribution in [0, 0.1) is 5.92 Å². The van der Waals surface area contributed by atoms with E-state index in [4.69, 9.17) is 0 Å². The third-order valence-electron chi connectivity index (χ3n) is 5.50. The Balaban J connectivity index is 1.82. The van der Waals surface area contributed by atoms with Gasteiger partial charge in [-0.3, -0.25) is 9.69 Å². The van der Waals surface area contributed by atoms with Gasteiger partial charge in [0.25, 0.3) is 0 Å². The Bertz CT molecular complexity index is 902. The lowest BCUT2D eigenvalue weighted by Gasteiger charge is -2.35. The minimum Gasteiger partial charge on any atom is -0.462 e. The molecule has 166 valence electrons. The van der Waals surface area contributed by atoms with Crippen molar-refractivity contribution in [3.63, 3.8) is 0 Å². The van der Waals surface area contributed by atoms with Gasteiger partial charge >= 0.3 is 18.2 Å². The highest BCUT2D eigenvalue weighted by Gasteiger charge is 2.33. The molecule has 1 aliphatic rings. The Kier molecular flexibility index (Phi) is 6.87. The lowest BCUT2D eigenvalue weighted by atomic mass is 9.86. The van der Waals surface area contributed by atoms with Crippen LogP contribution in [0.2, 0.25) is 0 Å². The van der Waals surface area contributed by atoms with Gasteiger partial charge in [0.05, 0.1) is 7.11 Å². The van der Waals surface area contributed by atoms with Gasteiger partial charge in [0, 0.05) is 11.7 Å². The first-order chi connectivity index (χ1) is 14.7. The summed E-state index contributed by atoms with van der Waals surface area (Å²) in [6.07, 6.45) is -1.20. The van der Waals surface area contributed by atoms with Crippen LogP contribution in [0.15, 0.2) is 48.5 Å². The molecular formula is C23H24F3NO4. The first-order valence-corrected chi connectivity index (χ1v) is 10.1. The molecule has 0 aliphatic heterocycles. The van der Waals surface area contributed by atoms with Gasteiger partial charge in [-0.05, 0) is 67.0 Å². The maximum absolute atomic E-state index is 12.7. The van der Waals surface area contributed by atoms with Gasteiger partial charge in [-0.25, -0.2) is 4.79 Å². The zero-order chi connectivity index (χ0) is 22.6. The van der Waals surface area contributed by atoms with Gasteiger partial charge in [-0.15, -0.1) is 13.2 Å². The topological polar surface area (TPSA) is 55.8 Å². The van der Waals surface area contributed by atoms with Crippen molar-refractivity contribution in [3.8, 4) is 16.9 Å². The summed E-state index contributed by atoms with van der Waals surface area (Å²) in [5.41, 5.74) is 2.03. The number of nitrogens with zero attached hydrogens (tertiary/aromatic N) is 1. The van der Waals surface area contributed by atoms with Crippen LogP contribution >= 0.6 is 0 Å². The number of ether oxygens (including phenoxy) is 2. The summed E-state index contributed by atoms with van der Waals surface area (Å²) < 4.78 is 45.5. The van der Waals surface area contributed by atoms with E-state index in [1.807, 2.05) is 0 Å². The fourth-order valence-electron chi connectivity index (χ4n) is 3.84.